The number of hydrogen-bond acceptors (Lipinski definition) is 2. The van der Waals surface area contributed by atoms with Crippen molar-refractivity contribution in [2.45, 2.75) is 36.4 Å². The molecule has 6 heteroatoms. The fraction of sp³-hybridized carbons (Fsp3) is 0.529. The standard InChI is InChI=1S/C17H19Cl2N3O/c1-16(10-17(16,18)19)15(23)22-7-4-11(5-8-22)13-9-21-14-12(13)3-2-6-20-14/h2-3,6,9,11H,4-5,7-8,10H2,1H3,(H,20,21)/t16-/m1/s1. The van der Waals surface area contributed by atoms with E-state index in [1.165, 1.54) is 10.9 Å². The number of H-pyrrole nitrogens is 1. The highest BCUT2D eigenvalue weighted by molar-refractivity contribution is 6.53. The molecule has 2 aliphatic rings. The molecule has 0 aromatic carbocycles. The number of likely N-dealkylation sites (tertiary alicyclic amines) is 1. The summed E-state index contributed by atoms with van der Waals surface area (Å²) in [5.74, 6) is 0.558. The van der Waals surface area contributed by atoms with Crippen LogP contribution >= 0.6 is 23.2 Å². The molecule has 1 N–H and O–H groups in total. The van der Waals surface area contributed by atoms with Gasteiger partial charge >= 0.3 is 0 Å². The molecule has 0 spiro atoms. The summed E-state index contributed by atoms with van der Waals surface area (Å²) in [6, 6.07) is 4.07. The highest BCUT2D eigenvalue weighted by atomic mass is 35.5. The molecule has 3 heterocycles. The van der Waals surface area contributed by atoms with E-state index in [2.05, 4.69) is 22.2 Å². The van der Waals surface area contributed by atoms with E-state index in [4.69, 9.17) is 23.2 Å². The summed E-state index contributed by atoms with van der Waals surface area (Å²) in [5.41, 5.74) is 1.63. The predicted octanol–water partition coefficient (Wildman–Crippen LogP) is 3.85. The van der Waals surface area contributed by atoms with Crippen molar-refractivity contribution in [3.63, 3.8) is 0 Å². The monoisotopic (exact) mass is 351 g/mol. The summed E-state index contributed by atoms with van der Waals surface area (Å²) in [5, 5.41) is 1.19. The lowest BCUT2D eigenvalue weighted by molar-refractivity contribution is -0.137. The van der Waals surface area contributed by atoms with Gasteiger partial charge in [0.05, 0.1) is 5.41 Å². The lowest BCUT2D eigenvalue weighted by atomic mass is 9.89. The van der Waals surface area contributed by atoms with E-state index in [1.807, 2.05) is 17.9 Å². The van der Waals surface area contributed by atoms with E-state index in [9.17, 15) is 4.79 Å². The highest BCUT2D eigenvalue weighted by Gasteiger charge is 2.68. The average molecular weight is 352 g/mol. The van der Waals surface area contributed by atoms with Crippen molar-refractivity contribution >= 4 is 40.1 Å². The maximum absolute atomic E-state index is 12.6. The van der Waals surface area contributed by atoms with Gasteiger partial charge in [-0.3, -0.25) is 4.79 Å². The van der Waals surface area contributed by atoms with E-state index in [1.54, 1.807) is 6.20 Å². The third kappa shape index (κ3) is 2.34. The maximum Gasteiger partial charge on any atom is 0.231 e. The number of piperidine rings is 1. The molecule has 1 aliphatic heterocycles. The number of amides is 1. The molecule has 1 amide bonds. The Balaban J connectivity index is 1.46. The summed E-state index contributed by atoms with van der Waals surface area (Å²) in [7, 11) is 0. The molecule has 0 radical (unpaired) electrons. The van der Waals surface area contributed by atoms with E-state index in [-0.39, 0.29) is 5.91 Å². The van der Waals surface area contributed by atoms with Gasteiger partial charge in [-0.05, 0) is 49.8 Å². The molecule has 23 heavy (non-hydrogen) atoms. The number of aromatic nitrogens is 2. The van der Waals surface area contributed by atoms with Crippen LogP contribution < -0.4 is 0 Å². The van der Waals surface area contributed by atoms with Gasteiger partial charge in [-0.1, -0.05) is 0 Å². The van der Waals surface area contributed by atoms with Gasteiger partial charge in [0.1, 0.15) is 9.98 Å². The minimum atomic E-state index is -0.885. The second-order valence-electron chi connectivity index (χ2n) is 6.92. The van der Waals surface area contributed by atoms with Gasteiger partial charge in [-0.25, -0.2) is 4.98 Å². The van der Waals surface area contributed by atoms with Crippen LogP contribution in [-0.4, -0.2) is 38.2 Å². The number of alkyl halides is 2. The number of rotatable bonds is 2. The van der Waals surface area contributed by atoms with Crippen molar-refractivity contribution in [3.8, 4) is 0 Å². The molecule has 2 aromatic heterocycles. The fourth-order valence-electron chi connectivity index (χ4n) is 3.69. The van der Waals surface area contributed by atoms with Crippen LogP contribution in [0, 0.1) is 5.41 Å². The zero-order chi connectivity index (χ0) is 16.2. The number of fused-ring (bicyclic) bond motifs is 1. The zero-order valence-electron chi connectivity index (χ0n) is 13.0. The number of hydrogen-bond donors (Lipinski definition) is 1. The van der Waals surface area contributed by atoms with Crippen molar-refractivity contribution in [2.75, 3.05) is 13.1 Å². The Labute approximate surface area is 145 Å². The minimum absolute atomic E-state index is 0.0987. The van der Waals surface area contributed by atoms with E-state index < -0.39 is 9.75 Å². The topological polar surface area (TPSA) is 49.0 Å². The third-order valence-corrected chi connectivity index (χ3v) is 6.54. The number of pyridine rings is 1. The first-order valence-corrected chi connectivity index (χ1v) is 8.77. The average Bonchev–Trinajstić information content (AvgIpc) is 2.90. The van der Waals surface area contributed by atoms with Crippen LogP contribution in [0.4, 0.5) is 0 Å². The Kier molecular flexibility index (Phi) is 3.40. The number of nitrogens with one attached hydrogen (secondary N) is 1. The van der Waals surface area contributed by atoms with Crippen LogP contribution in [0.15, 0.2) is 24.5 Å². The minimum Gasteiger partial charge on any atom is -0.346 e. The Morgan fingerprint density at radius 3 is 2.74 bits per heavy atom. The second kappa shape index (κ2) is 5.12. The molecule has 4 nitrogen and oxygen atoms in total. The van der Waals surface area contributed by atoms with Crippen LogP contribution in [0.1, 0.15) is 37.7 Å². The number of aromatic amines is 1. The van der Waals surface area contributed by atoms with E-state index in [0.717, 1.165) is 31.6 Å². The molecule has 1 aliphatic carbocycles. The summed E-state index contributed by atoms with van der Waals surface area (Å²) in [6.07, 6.45) is 6.33. The molecule has 1 saturated carbocycles. The van der Waals surface area contributed by atoms with Gasteiger partial charge in [0.25, 0.3) is 0 Å². The van der Waals surface area contributed by atoms with Gasteiger partial charge < -0.3 is 9.88 Å². The molecule has 1 saturated heterocycles. The van der Waals surface area contributed by atoms with Crippen LogP contribution in [-0.2, 0) is 4.79 Å². The molecule has 4 rings (SSSR count). The fourth-order valence-corrected chi connectivity index (χ4v) is 4.39. The van der Waals surface area contributed by atoms with Crippen LogP contribution in [0.5, 0.6) is 0 Å². The number of carbonyl (C=O) groups excluding carboxylic acids is 1. The Hall–Kier alpha value is -1.26. The Bertz CT molecular complexity index is 764. The SMILES string of the molecule is C[C@]1(C(=O)N2CCC(c3c[nH]c4ncccc34)CC2)CC1(Cl)Cl. The smallest absolute Gasteiger partial charge is 0.231 e. The predicted molar refractivity (Wildman–Crippen MR) is 91.8 cm³/mol. The van der Waals surface area contributed by atoms with Crippen molar-refractivity contribution < 1.29 is 4.79 Å². The third-order valence-electron chi connectivity index (χ3n) is 5.43. The summed E-state index contributed by atoms with van der Waals surface area (Å²) in [4.78, 5) is 22.2. The first-order chi connectivity index (χ1) is 10.9. The van der Waals surface area contributed by atoms with Crippen LogP contribution in [0.3, 0.4) is 0 Å². The number of halogens is 2. The van der Waals surface area contributed by atoms with E-state index >= 15 is 0 Å². The maximum atomic E-state index is 12.6. The Morgan fingerprint density at radius 1 is 1.39 bits per heavy atom. The van der Waals surface area contributed by atoms with Crippen molar-refractivity contribution in [1.29, 1.82) is 0 Å². The zero-order valence-corrected chi connectivity index (χ0v) is 14.5. The molecular formula is C17H19Cl2N3O. The van der Waals surface area contributed by atoms with Gasteiger partial charge in [-0.2, -0.15) is 0 Å². The van der Waals surface area contributed by atoms with Crippen molar-refractivity contribution in [1.82, 2.24) is 14.9 Å². The normalized spacial score (nSPS) is 27.3. The van der Waals surface area contributed by atoms with Crippen LogP contribution in [0.2, 0.25) is 0 Å². The van der Waals surface area contributed by atoms with Gasteiger partial charge in [-0.15, -0.1) is 23.2 Å². The second-order valence-corrected chi connectivity index (χ2v) is 8.41. The molecule has 0 unspecified atom stereocenters. The lowest BCUT2D eigenvalue weighted by Crippen LogP contribution is -2.42. The van der Waals surface area contributed by atoms with Crippen molar-refractivity contribution in [3.05, 3.63) is 30.1 Å². The highest BCUT2D eigenvalue weighted by Crippen LogP contribution is 2.64. The van der Waals surface area contributed by atoms with Gasteiger partial charge in [0.2, 0.25) is 5.91 Å². The molecule has 122 valence electrons. The molecular weight excluding hydrogens is 333 g/mol. The van der Waals surface area contributed by atoms with Gasteiger partial charge in [0.15, 0.2) is 0 Å². The largest absolute Gasteiger partial charge is 0.346 e. The number of carbonyl (C=O) groups is 1. The number of nitrogens with zero attached hydrogens (tertiary/aromatic N) is 2. The van der Waals surface area contributed by atoms with Crippen molar-refractivity contribution in [2.24, 2.45) is 5.41 Å². The van der Waals surface area contributed by atoms with Gasteiger partial charge in [0, 0.05) is 30.9 Å². The lowest BCUT2D eigenvalue weighted by Gasteiger charge is -2.34. The molecule has 1 atom stereocenters. The molecule has 0 bridgehead atoms. The Morgan fingerprint density at radius 2 is 2.09 bits per heavy atom. The molecule has 2 aromatic rings. The first kappa shape index (κ1) is 15.3. The first-order valence-electron chi connectivity index (χ1n) is 8.01. The quantitative estimate of drug-likeness (QED) is 0.835. The summed E-state index contributed by atoms with van der Waals surface area (Å²) >= 11 is 12.3. The summed E-state index contributed by atoms with van der Waals surface area (Å²) in [6.45, 7) is 3.39. The van der Waals surface area contributed by atoms with Crippen LogP contribution in [0.25, 0.3) is 11.0 Å². The molecule has 2 fully saturated rings. The van der Waals surface area contributed by atoms with E-state index in [0.29, 0.717) is 12.3 Å². The summed E-state index contributed by atoms with van der Waals surface area (Å²) < 4.78 is -0.885.